The second-order valence-electron chi connectivity index (χ2n) is 6.85. The first kappa shape index (κ1) is 17.7. The van der Waals surface area contributed by atoms with E-state index in [1.54, 1.807) is 38.1 Å². The maximum absolute atomic E-state index is 12.7. The molecule has 134 valence electrons. The molecule has 6 nitrogen and oxygen atoms in total. The fourth-order valence-corrected chi connectivity index (χ4v) is 3.02. The van der Waals surface area contributed by atoms with Crippen LogP contribution < -0.4 is 16.0 Å². The Morgan fingerprint density at radius 2 is 1.42 bits per heavy atom. The molecule has 1 heterocycles. The van der Waals surface area contributed by atoms with Crippen LogP contribution in [0.5, 0.6) is 0 Å². The highest BCUT2D eigenvalue weighted by Crippen LogP contribution is 2.34. The van der Waals surface area contributed by atoms with Crippen molar-refractivity contribution >= 4 is 29.1 Å². The van der Waals surface area contributed by atoms with E-state index in [9.17, 15) is 14.4 Å². The fourth-order valence-electron chi connectivity index (χ4n) is 3.02. The summed E-state index contributed by atoms with van der Waals surface area (Å²) in [7, 11) is 0. The monoisotopic (exact) mass is 351 g/mol. The fraction of sp³-hybridized carbons (Fsp3) is 0.250. The van der Waals surface area contributed by atoms with Gasteiger partial charge in [0.1, 0.15) is 5.92 Å². The molecule has 0 aromatic heterocycles. The lowest BCUT2D eigenvalue weighted by Crippen LogP contribution is -2.50. The molecule has 3 amide bonds. The van der Waals surface area contributed by atoms with Gasteiger partial charge in [-0.2, -0.15) is 0 Å². The van der Waals surface area contributed by atoms with Crippen LogP contribution in [-0.4, -0.2) is 17.7 Å². The lowest BCUT2D eigenvalue weighted by atomic mass is 9.76. The number of benzene rings is 2. The van der Waals surface area contributed by atoms with Crippen LogP contribution in [0.3, 0.4) is 0 Å². The van der Waals surface area contributed by atoms with E-state index in [0.717, 1.165) is 5.56 Å². The molecule has 3 N–H and O–H groups in total. The molecule has 0 radical (unpaired) electrons. The van der Waals surface area contributed by atoms with Crippen molar-refractivity contribution in [1.82, 2.24) is 5.32 Å². The molecule has 0 saturated carbocycles. The van der Waals surface area contributed by atoms with Crippen LogP contribution in [-0.2, 0) is 20.9 Å². The molecule has 0 fully saturated rings. The minimum Gasteiger partial charge on any atom is -0.352 e. The zero-order valence-corrected chi connectivity index (χ0v) is 14.7. The summed E-state index contributed by atoms with van der Waals surface area (Å²) in [5.74, 6) is -2.49. The third-order valence-electron chi connectivity index (χ3n) is 4.57. The zero-order chi connectivity index (χ0) is 18.7. The van der Waals surface area contributed by atoms with Gasteiger partial charge in [-0.25, -0.2) is 0 Å². The Kier molecular flexibility index (Phi) is 4.75. The number of rotatable bonds is 4. The molecule has 0 aliphatic carbocycles. The summed E-state index contributed by atoms with van der Waals surface area (Å²) in [4.78, 5) is 38.1. The molecule has 0 saturated heterocycles. The van der Waals surface area contributed by atoms with Crippen LogP contribution in [0.2, 0.25) is 0 Å². The Hall–Kier alpha value is -3.15. The van der Waals surface area contributed by atoms with E-state index >= 15 is 0 Å². The van der Waals surface area contributed by atoms with E-state index in [4.69, 9.17) is 0 Å². The molecule has 0 unspecified atom stereocenters. The minimum atomic E-state index is -1.22. The molecule has 6 heteroatoms. The Morgan fingerprint density at radius 3 is 1.96 bits per heavy atom. The highest BCUT2D eigenvalue weighted by molar-refractivity contribution is 6.18. The number of amides is 3. The molecule has 2 aromatic rings. The molecule has 1 aliphatic heterocycles. The second-order valence-corrected chi connectivity index (χ2v) is 6.85. The van der Waals surface area contributed by atoms with Crippen LogP contribution in [0.4, 0.5) is 11.4 Å². The number of fused-ring (bicyclic) bond motifs is 1. The van der Waals surface area contributed by atoms with Crippen LogP contribution in [0.25, 0.3) is 0 Å². The van der Waals surface area contributed by atoms with Crippen molar-refractivity contribution < 1.29 is 14.4 Å². The Morgan fingerprint density at radius 1 is 0.923 bits per heavy atom. The van der Waals surface area contributed by atoms with Crippen molar-refractivity contribution in [2.45, 2.75) is 20.4 Å². The van der Waals surface area contributed by atoms with E-state index in [-0.39, 0.29) is 5.91 Å². The lowest BCUT2D eigenvalue weighted by molar-refractivity contribution is -0.144. The summed E-state index contributed by atoms with van der Waals surface area (Å²) in [5.41, 5.74) is 0.770. The van der Waals surface area contributed by atoms with Crippen LogP contribution in [0, 0.1) is 11.3 Å². The van der Waals surface area contributed by atoms with E-state index in [1.807, 2.05) is 30.3 Å². The van der Waals surface area contributed by atoms with Crippen molar-refractivity contribution in [2.75, 3.05) is 10.6 Å². The molecular formula is C20H21N3O3. The van der Waals surface area contributed by atoms with Gasteiger partial charge in [0.15, 0.2) is 0 Å². The predicted molar refractivity (Wildman–Crippen MR) is 99.3 cm³/mol. The van der Waals surface area contributed by atoms with E-state index in [1.165, 1.54) is 0 Å². The normalized spacial score (nSPS) is 14.7. The number of carbonyl (C=O) groups is 3. The summed E-state index contributed by atoms with van der Waals surface area (Å²) in [6.45, 7) is 3.54. The van der Waals surface area contributed by atoms with Gasteiger partial charge >= 0.3 is 0 Å². The van der Waals surface area contributed by atoms with Gasteiger partial charge in [0, 0.05) is 6.54 Å². The number of hydrogen-bond donors (Lipinski definition) is 3. The third-order valence-corrected chi connectivity index (χ3v) is 4.57. The van der Waals surface area contributed by atoms with Gasteiger partial charge in [-0.05, 0) is 31.5 Å². The number of para-hydroxylation sites is 2. The predicted octanol–water partition coefficient (Wildman–Crippen LogP) is 2.54. The quantitative estimate of drug-likeness (QED) is 0.740. The topological polar surface area (TPSA) is 87.3 Å². The van der Waals surface area contributed by atoms with Gasteiger partial charge in [0.25, 0.3) is 0 Å². The number of nitrogens with one attached hydrogen (secondary N) is 3. The van der Waals surface area contributed by atoms with Gasteiger partial charge in [-0.15, -0.1) is 0 Å². The SMILES string of the molecule is CC(C)(C(=O)NCc1ccccc1)C1C(=O)Nc2ccccc2NC1=O. The average molecular weight is 351 g/mol. The van der Waals surface area contributed by atoms with Crippen LogP contribution in [0.15, 0.2) is 54.6 Å². The molecule has 3 rings (SSSR count). The summed E-state index contributed by atoms with van der Waals surface area (Å²) < 4.78 is 0. The van der Waals surface area contributed by atoms with Crippen LogP contribution in [0.1, 0.15) is 19.4 Å². The first-order valence-electron chi connectivity index (χ1n) is 8.42. The number of hydrogen-bond acceptors (Lipinski definition) is 3. The zero-order valence-electron chi connectivity index (χ0n) is 14.7. The van der Waals surface area contributed by atoms with Crippen molar-refractivity contribution in [2.24, 2.45) is 11.3 Å². The second kappa shape index (κ2) is 7.00. The van der Waals surface area contributed by atoms with Crippen LogP contribution >= 0.6 is 0 Å². The molecule has 0 bridgehead atoms. The van der Waals surface area contributed by atoms with E-state index in [2.05, 4.69) is 16.0 Å². The average Bonchev–Trinajstić information content (AvgIpc) is 2.74. The van der Waals surface area contributed by atoms with Gasteiger partial charge in [-0.1, -0.05) is 42.5 Å². The highest BCUT2D eigenvalue weighted by Gasteiger charge is 2.47. The third kappa shape index (κ3) is 3.44. The summed E-state index contributed by atoms with van der Waals surface area (Å²) in [6.07, 6.45) is 0. The highest BCUT2D eigenvalue weighted by atomic mass is 16.2. The maximum atomic E-state index is 12.7. The molecular weight excluding hydrogens is 330 g/mol. The Balaban J connectivity index is 1.78. The lowest BCUT2D eigenvalue weighted by Gasteiger charge is -2.29. The minimum absolute atomic E-state index is 0.333. The Labute approximate surface area is 152 Å². The molecule has 1 aliphatic rings. The Bertz CT molecular complexity index is 809. The molecule has 0 spiro atoms. The summed E-state index contributed by atoms with van der Waals surface area (Å²) in [5, 5.41) is 8.29. The first-order valence-corrected chi connectivity index (χ1v) is 8.42. The maximum Gasteiger partial charge on any atom is 0.238 e. The van der Waals surface area contributed by atoms with Crippen molar-refractivity contribution in [3.05, 3.63) is 60.2 Å². The van der Waals surface area contributed by atoms with E-state index < -0.39 is 23.1 Å². The standard InChI is InChI=1S/C20H21N3O3/c1-20(2,19(26)21-12-13-8-4-3-5-9-13)16-17(24)22-14-10-6-7-11-15(14)23-18(16)25/h3-11,16H,12H2,1-2H3,(H,21,26)(H,22,24)(H,23,25). The van der Waals surface area contributed by atoms with Crippen molar-refractivity contribution in [3.63, 3.8) is 0 Å². The number of carbonyl (C=O) groups excluding carboxylic acids is 3. The van der Waals surface area contributed by atoms with Crippen molar-refractivity contribution in [3.8, 4) is 0 Å². The van der Waals surface area contributed by atoms with Gasteiger partial charge < -0.3 is 16.0 Å². The van der Waals surface area contributed by atoms with Gasteiger partial charge in [0.05, 0.1) is 16.8 Å². The summed E-state index contributed by atoms with van der Waals surface area (Å²) >= 11 is 0. The first-order chi connectivity index (χ1) is 12.4. The number of anilines is 2. The molecule has 2 aromatic carbocycles. The molecule has 26 heavy (non-hydrogen) atoms. The van der Waals surface area contributed by atoms with E-state index in [0.29, 0.717) is 17.9 Å². The summed E-state index contributed by atoms with van der Waals surface area (Å²) in [6, 6.07) is 16.4. The van der Waals surface area contributed by atoms with Crippen molar-refractivity contribution in [1.29, 1.82) is 0 Å². The van der Waals surface area contributed by atoms with Gasteiger partial charge in [-0.3, -0.25) is 14.4 Å². The van der Waals surface area contributed by atoms with Gasteiger partial charge in [0.2, 0.25) is 17.7 Å². The smallest absolute Gasteiger partial charge is 0.238 e. The largest absolute Gasteiger partial charge is 0.352 e. The molecule has 0 atom stereocenters.